The molecule has 1 aromatic carbocycles. The first-order valence-corrected chi connectivity index (χ1v) is 7.64. The summed E-state index contributed by atoms with van der Waals surface area (Å²) in [6.45, 7) is 0.920. The van der Waals surface area contributed by atoms with E-state index >= 15 is 0 Å². The molecule has 2 heterocycles. The number of hydrogen-bond donors (Lipinski definition) is 1. The first kappa shape index (κ1) is 12.2. The average molecular weight is 361 g/mol. The van der Waals surface area contributed by atoms with Gasteiger partial charge in [0.25, 0.3) is 0 Å². The zero-order valence-electron chi connectivity index (χ0n) is 9.46. The molecule has 4 heteroatoms. The van der Waals surface area contributed by atoms with E-state index in [0.29, 0.717) is 18.2 Å². The van der Waals surface area contributed by atoms with Gasteiger partial charge in [0.1, 0.15) is 0 Å². The maximum absolute atomic E-state index is 5.84. The molecule has 3 rings (SSSR count). The zero-order valence-corrected chi connectivity index (χ0v) is 12.6. The molecule has 1 N–H and O–H groups in total. The van der Waals surface area contributed by atoms with Crippen molar-refractivity contribution in [3.05, 3.63) is 32.7 Å². The quantitative estimate of drug-likeness (QED) is 0.888. The van der Waals surface area contributed by atoms with E-state index in [2.05, 4.69) is 55.4 Å². The summed E-state index contributed by atoms with van der Waals surface area (Å²) in [4.78, 5) is 0. The third-order valence-corrected chi connectivity index (χ3v) is 5.54. The highest BCUT2D eigenvalue weighted by Gasteiger charge is 2.40. The Morgan fingerprint density at radius 2 is 2.12 bits per heavy atom. The molecule has 0 saturated carbocycles. The van der Waals surface area contributed by atoms with Crippen LogP contribution in [0.15, 0.2) is 27.1 Å². The topological polar surface area (TPSA) is 21.3 Å². The van der Waals surface area contributed by atoms with Crippen molar-refractivity contribution in [3.8, 4) is 0 Å². The minimum atomic E-state index is 0.457. The Kier molecular flexibility index (Phi) is 3.57. The smallest absolute Gasteiger partial charge is 0.0733 e. The van der Waals surface area contributed by atoms with E-state index in [0.717, 1.165) is 15.5 Å². The van der Waals surface area contributed by atoms with Crippen molar-refractivity contribution in [2.45, 2.75) is 44.1 Å². The molecule has 2 aliphatic heterocycles. The molecular weight excluding hydrogens is 346 g/mol. The lowest BCUT2D eigenvalue weighted by atomic mass is 9.95. The third-order valence-electron chi connectivity index (χ3n) is 3.66. The van der Waals surface area contributed by atoms with Gasteiger partial charge in [0.15, 0.2) is 0 Å². The van der Waals surface area contributed by atoms with Crippen LogP contribution in [-0.2, 0) is 11.3 Å². The second-order valence-electron chi connectivity index (χ2n) is 4.85. The van der Waals surface area contributed by atoms with Gasteiger partial charge in [0.05, 0.1) is 12.2 Å². The minimum Gasteiger partial charge on any atom is -0.373 e. The molecule has 2 aliphatic rings. The highest BCUT2D eigenvalue weighted by atomic mass is 79.9. The first-order chi connectivity index (χ1) is 8.22. The van der Waals surface area contributed by atoms with Crippen LogP contribution in [0.3, 0.4) is 0 Å². The van der Waals surface area contributed by atoms with Crippen LogP contribution in [0.25, 0.3) is 0 Å². The third kappa shape index (κ3) is 2.60. The van der Waals surface area contributed by atoms with E-state index in [-0.39, 0.29) is 0 Å². The largest absolute Gasteiger partial charge is 0.373 e. The van der Waals surface area contributed by atoms with Gasteiger partial charge in [-0.2, -0.15) is 0 Å². The summed E-state index contributed by atoms with van der Waals surface area (Å²) in [5.41, 5.74) is 1.31. The van der Waals surface area contributed by atoms with E-state index < -0.39 is 0 Å². The fraction of sp³-hybridized carbons (Fsp3) is 0.538. The van der Waals surface area contributed by atoms with Crippen molar-refractivity contribution in [3.63, 3.8) is 0 Å². The van der Waals surface area contributed by atoms with Crippen molar-refractivity contribution in [1.29, 1.82) is 0 Å². The Labute approximate surface area is 118 Å². The highest BCUT2D eigenvalue weighted by molar-refractivity contribution is 9.13. The van der Waals surface area contributed by atoms with Crippen LogP contribution in [0.5, 0.6) is 0 Å². The monoisotopic (exact) mass is 359 g/mol. The van der Waals surface area contributed by atoms with Crippen molar-refractivity contribution < 1.29 is 4.74 Å². The summed E-state index contributed by atoms with van der Waals surface area (Å²) in [5.74, 6) is 0. The van der Waals surface area contributed by atoms with E-state index in [4.69, 9.17) is 4.74 Å². The summed E-state index contributed by atoms with van der Waals surface area (Å²) in [5, 5.41) is 3.61. The molecule has 3 unspecified atom stereocenters. The lowest BCUT2D eigenvalue weighted by Crippen LogP contribution is -2.36. The van der Waals surface area contributed by atoms with Crippen LogP contribution in [0, 0.1) is 0 Å². The number of hydrogen-bond acceptors (Lipinski definition) is 2. The highest BCUT2D eigenvalue weighted by Crippen LogP contribution is 2.34. The molecule has 0 radical (unpaired) electrons. The number of benzene rings is 1. The van der Waals surface area contributed by atoms with Gasteiger partial charge in [0.2, 0.25) is 0 Å². The van der Waals surface area contributed by atoms with Gasteiger partial charge in [-0.1, -0.05) is 6.07 Å². The summed E-state index contributed by atoms with van der Waals surface area (Å²) < 4.78 is 8.05. The minimum absolute atomic E-state index is 0.457. The molecule has 0 aromatic heterocycles. The predicted octanol–water partition coefficient (Wildman–Crippen LogP) is 3.62. The lowest BCUT2D eigenvalue weighted by molar-refractivity contribution is 0.0973. The first-order valence-electron chi connectivity index (χ1n) is 6.05. The van der Waals surface area contributed by atoms with Crippen LogP contribution < -0.4 is 5.32 Å². The zero-order chi connectivity index (χ0) is 11.8. The van der Waals surface area contributed by atoms with Gasteiger partial charge in [0, 0.05) is 21.5 Å². The molecule has 2 saturated heterocycles. The second kappa shape index (κ2) is 5.00. The Morgan fingerprint density at radius 3 is 2.76 bits per heavy atom. The number of halogens is 2. The van der Waals surface area contributed by atoms with Crippen molar-refractivity contribution >= 4 is 31.9 Å². The summed E-state index contributed by atoms with van der Waals surface area (Å²) in [6, 6.07) is 6.94. The standard InChI is InChI=1S/C13H15Br2NO/c14-10-3-1-8(5-11(10)15)7-16-12-6-9-2-4-13(12)17-9/h1,3,5,9,12-13,16H,2,4,6-7H2. The molecule has 17 heavy (non-hydrogen) atoms. The van der Waals surface area contributed by atoms with E-state index in [1.165, 1.54) is 24.8 Å². The maximum atomic E-state index is 5.84. The molecule has 2 nitrogen and oxygen atoms in total. The van der Waals surface area contributed by atoms with Gasteiger partial charge in [-0.3, -0.25) is 0 Å². The average Bonchev–Trinajstić information content (AvgIpc) is 2.92. The lowest BCUT2D eigenvalue weighted by Gasteiger charge is -2.20. The van der Waals surface area contributed by atoms with Crippen LogP contribution in [0.2, 0.25) is 0 Å². The predicted molar refractivity (Wildman–Crippen MR) is 75.0 cm³/mol. The molecule has 0 spiro atoms. The van der Waals surface area contributed by atoms with Gasteiger partial charge in [-0.25, -0.2) is 0 Å². The maximum Gasteiger partial charge on any atom is 0.0733 e. The summed E-state index contributed by atoms with van der Waals surface area (Å²) in [6.07, 6.45) is 4.65. The van der Waals surface area contributed by atoms with Gasteiger partial charge in [-0.15, -0.1) is 0 Å². The van der Waals surface area contributed by atoms with Crippen molar-refractivity contribution in [2.75, 3.05) is 0 Å². The van der Waals surface area contributed by atoms with E-state index in [1.807, 2.05) is 0 Å². The van der Waals surface area contributed by atoms with Crippen LogP contribution in [0.1, 0.15) is 24.8 Å². The normalized spacial score (nSPS) is 31.1. The summed E-state index contributed by atoms with van der Waals surface area (Å²) in [7, 11) is 0. The Bertz CT molecular complexity index is 424. The van der Waals surface area contributed by atoms with Crippen molar-refractivity contribution in [2.24, 2.45) is 0 Å². The second-order valence-corrected chi connectivity index (χ2v) is 6.55. The number of fused-ring (bicyclic) bond motifs is 2. The molecule has 3 atom stereocenters. The summed E-state index contributed by atoms with van der Waals surface area (Å²) >= 11 is 7.02. The van der Waals surface area contributed by atoms with E-state index in [9.17, 15) is 0 Å². The van der Waals surface area contributed by atoms with Crippen LogP contribution in [-0.4, -0.2) is 18.2 Å². The Hall–Kier alpha value is 0.1000. The SMILES string of the molecule is Brc1ccc(CNC2CC3CCC2O3)cc1Br. The molecule has 0 amide bonds. The van der Waals surface area contributed by atoms with E-state index in [1.54, 1.807) is 0 Å². The molecule has 2 fully saturated rings. The van der Waals surface area contributed by atoms with Crippen LogP contribution >= 0.6 is 31.9 Å². The molecule has 0 aliphatic carbocycles. The number of ether oxygens (including phenoxy) is 1. The van der Waals surface area contributed by atoms with Gasteiger partial charge >= 0.3 is 0 Å². The van der Waals surface area contributed by atoms with Crippen LogP contribution in [0.4, 0.5) is 0 Å². The van der Waals surface area contributed by atoms with Gasteiger partial charge in [-0.05, 0) is 68.8 Å². The molecule has 1 aromatic rings. The number of rotatable bonds is 3. The molecule has 92 valence electrons. The molecular formula is C13H15Br2NO. The number of nitrogens with one attached hydrogen (secondary N) is 1. The fourth-order valence-corrected chi connectivity index (χ4v) is 3.42. The Morgan fingerprint density at radius 1 is 1.24 bits per heavy atom. The fourth-order valence-electron chi connectivity index (χ4n) is 2.75. The molecule has 2 bridgehead atoms. The van der Waals surface area contributed by atoms with Crippen molar-refractivity contribution in [1.82, 2.24) is 5.32 Å². The Balaban J connectivity index is 1.59. The van der Waals surface area contributed by atoms with Gasteiger partial charge < -0.3 is 10.1 Å².